The van der Waals surface area contributed by atoms with Crippen molar-refractivity contribution >= 4 is 55.2 Å². The fourth-order valence-electron chi connectivity index (χ4n) is 5.81. The van der Waals surface area contributed by atoms with Gasteiger partial charge in [-0.25, -0.2) is 33.4 Å². The number of nitrogens with two attached hydrogens (primary N) is 1. The van der Waals surface area contributed by atoms with Gasteiger partial charge >= 0.3 is 27.0 Å². The zero-order chi connectivity index (χ0) is 38.6. The van der Waals surface area contributed by atoms with Crippen molar-refractivity contribution < 1.29 is 67.1 Å². The lowest BCUT2D eigenvalue weighted by molar-refractivity contribution is -0.657. The zero-order valence-electron chi connectivity index (χ0n) is 27.7. The van der Waals surface area contributed by atoms with Crippen molar-refractivity contribution in [3.8, 4) is 0 Å². The number of phosphoric ester groups is 2. The number of nitrogens with zero attached hydrogens (tertiary/aromatic N) is 5. The van der Waals surface area contributed by atoms with E-state index in [-0.39, 0.29) is 29.5 Å². The van der Waals surface area contributed by atoms with Crippen LogP contribution in [0.15, 0.2) is 28.0 Å². The number of aromatic amines is 2. The molecule has 1 aromatic carbocycles. The normalized spacial score (nSPS) is 24.1. The van der Waals surface area contributed by atoms with Gasteiger partial charge < -0.3 is 56.0 Å². The van der Waals surface area contributed by atoms with E-state index in [9.17, 15) is 54.0 Å². The number of H-pyrrole nitrogens is 2. The Morgan fingerprint density at radius 2 is 1.74 bits per heavy atom. The van der Waals surface area contributed by atoms with Gasteiger partial charge in [-0.1, -0.05) is 0 Å². The fourth-order valence-corrected chi connectivity index (χ4v) is 7.90. The number of phosphoric acid groups is 2. The lowest BCUT2D eigenvalue weighted by atomic mass is 10.1. The molecule has 1 saturated heterocycles. The number of benzene rings is 1. The van der Waals surface area contributed by atoms with Crippen LogP contribution in [0.5, 0.6) is 0 Å². The molecule has 6 rings (SSSR count). The Bertz CT molecular complexity index is 2260. The van der Waals surface area contributed by atoms with E-state index in [4.69, 9.17) is 15.0 Å². The molecule has 9 atom stereocenters. The number of rotatable bonds is 13. The predicted molar refractivity (Wildman–Crippen MR) is 179 cm³/mol. The Morgan fingerprint density at radius 3 is 2.47 bits per heavy atom. The summed E-state index contributed by atoms with van der Waals surface area (Å²) in [6, 6.07) is 3.33. The molecule has 3 aromatic heterocycles. The van der Waals surface area contributed by atoms with Crippen LogP contribution < -0.4 is 31.8 Å². The van der Waals surface area contributed by atoms with Crippen LogP contribution >= 0.6 is 15.6 Å². The number of aryl methyl sites for hydroxylation is 2. The van der Waals surface area contributed by atoms with Crippen LogP contribution in [0.4, 0.5) is 17.3 Å². The second kappa shape index (κ2) is 14.7. The molecule has 12 N–H and O–H groups in total. The van der Waals surface area contributed by atoms with Crippen molar-refractivity contribution in [2.75, 3.05) is 35.8 Å². The highest BCUT2D eigenvalue weighted by Crippen LogP contribution is 2.60. The van der Waals surface area contributed by atoms with Crippen LogP contribution in [0.25, 0.3) is 22.2 Å². The topological polar surface area (TPSA) is 362 Å². The minimum absolute atomic E-state index is 0.0439. The van der Waals surface area contributed by atoms with Gasteiger partial charge in [-0.3, -0.25) is 18.8 Å². The Balaban J connectivity index is 1.06. The molecule has 0 bridgehead atoms. The number of fused-ring (bicyclic) bond motifs is 3. The van der Waals surface area contributed by atoms with Gasteiger partial charge in [0.05, 0.1) is 19.9 Å². The Morgan fingerprint density at radius 1 is 1.04 bits per heavy atom. The summed E-state index contributed by atoms with van der Waals surface area (Å²) >= 11 is 0. The van der Waals surface area contributed by atoms with Crippen LogP contribution in [-0.4, -0.2) is 123 Å². The molecule has 4 aromatic rings. The molecule has 53 heavy (non-hydrogen) atoms. The molecule has 0 saturated carbocycles. The minimum atomic E-state index is -5.53. The zero-order valence-corrected chi connectivity index (χ0v) is 29.5. The van der Waals surface area contributed by atoms with Gasteiger partial charge in [-0.15, -0.1) is 0 Å². The number of anilines is 3. The first-order valence-electron chi connectivity index (χ1n) is 15.7. The highest BCUT2D eigenvalue weighted by atomic mass is 31.3. The third-order valence-electron chi connectivity index (χ3n) is 8.66. The standard InChI is InChI=1S/C27H35N9O15P2/c1-10-3-12-13(4-11(10)2)35(24-18(32-12)25(42)34-27(43)33-24)5-14(37)19(39)15(38)6-48-52(44,45)51-53(46,47)49-7-16-20(40)21(41)26(50-16)36-9-31-17-22(28)29-8-30-23(17)36/h3-4,8,14-16,19-21,26,37-41H,5-7,9H2,1-2H3,(H6,28,29,30,31,32,33,34,42,43,44,45,46,47)/p+1/t14-,15-,16+,19+,20+,21+,26+/m0/s1. The van der Waals surface area contributed by atoms with Crippen molar-refractivity contribution in [3.05, 3.63) is 50.4 Å². The molecule has 0 radical (unpaired) electrons. The number of aliphatic hydroxyl groups excluding tert-OH is 5. The first-order chi connectivity index (χ1) is 24.9. The molecule has 26 heteroatoms. The Hall–Kier alpha value is -4.00. The van der Waals surface area contributed by atoms with Gasteiger partial charge in [-0.2, -0.15) is 9.29 Å². The van der Waals surface area contributed by atoms with Crippen LogP contribution in [-0.2, 0) is 33.8 Å². The molecule has 0 aliphatic carbocycles. The van der Waals surface area contributed by atoms with Crippen LogP contribution in [0, 0.1) is 13.8 Å². The monoisotopic (exact) mass is 788 g/mol. The Kier molecular flexibility index (Phi) is 10.7. The smallest absolute Gasteiger partial charge is 0.388 e. The summed E-state index contributed by atoms with van der Waals surface area (Å²) in [6.45, 7) is 0.937. The van der Waals surface area contributed by atoms with Crippen molar-refractivity contribution in [1.82, 2.24) is 24.9 Å². The maximum atomic E-state index is 12.5. The van der Waals surface area contributed by atoms with E-state index in [1.807, 2.05) is 0 Å². The van der Waals surface area contributed by atoms with Crippen molar-refractivity contribution in [2.24, 2.45) is 0 Å². The predicted octanol–water partition coefficient (Wildman–Crippen LogP) is -3.29. The van der Waals surface area contributed by atoms with E-state index < -0.39 is 89.5 Å². The molecular weight excluding hydrogens is 752 g/mol. The number of nitrogens with one attached hydrogen (secondary N) is 3. The van der Waals surface area contributed by atoms with Crippen LogP contribution in [0.1, 0.15) is 11.1 Å². The number of aromatic nitrogens is 6. The minimum Gasteiger partial charge on any atom is -0.388 e. The lowest BCUT2D eigenvalue weighted by Crippen LogP contribution is -2.51. The van der Waals surface area contributed by atoms with Gasteiger partial charge in [0.2, 0.25) is 5.52 Å². The van der Waals surface area contributed by atoms with E-state index >= 15 is 0 Å². The van der Waals surface area contributed by atoms with Crippen molar-refractivity contribution in [1.29, 1.82) is 0 Å². The van der Waals surface area contributed by atoms with Gasteiger partial charge in [0, 0.05) is 0 Å². The molecule has 24 nitrogen and oxygen atoms in total. The summed E-state index contributed by atoms with van der Waals surface area (Å²) in [5.41, 5.74) is 6.40. The number of ether oxygens (including phenoxy) is 1. The molecule has 2 aliphatic rings. The number of hydrogen-bond donors (Lipinski definition) is 11. The van der Waals surface area contributed by atoms with Gasteiger partial charge in [0.1, 0.15) is 60.7 Å². The van der Waals surface area contributed by atoms with Crippen molar-refractivity contribution in [2.45, 2.75) is 63.2 Å². The Labute approximate surface area is 296 Å². The second-order valence-corrected chi connectivity index (χ2v) is 15.3. The van der Waals surface area contributed by atoms with Gasteiger partial charge in [0.15, 0.2) is 23.4 Å². The maximum Gasteiger partial charge on any atom is 0.481 e. The first kappa shape index (κ1) is 38.7. The molecule has 2 aliphatic heterocycles. The summed E-state index contributed by atoms with van der Waals surface area (Å²) in [5.74, 6) is 0.368. The summed E-state index contributed by atoms with van der Waals surface area (Å²) in [6.07, 6.45) is -10.8. The quantitative estimate of drug-likeness (QED) is 0.0359. The maximum absolute atomic E-state index is 12.5. The summed E-state index contributed by atoms with van der Waals surface area (Å²) in [4.78, 5) is 63.0. The van der Waals surface area contributed by atoms with E-state index in [0.29, 0.717) is 16.7 Å². The first-order valence-corrected chi connectivity index (χ1v) is 18.6. The lowest BCUT2D eigenvalue weighted by Gasteiger charge is -2.26. The summed E-state index contributed by atoms with van der Waals surface area (Å²) < 4.78 is 45.5. The van der Waals surface area contributed by atoms with E-state index in [0.717, 1.165) is 11.1 Å². The van der Waals surface area contributed by atoms with E-state index in [1.165, 1.54) is 15.8 Å². The molecule has 288 valence electrons. The molecule has 1 fully saturated rings. The van der Waals surface area contributed by atoms with Gasteiger partial charge in [-0.05, 0) is 37.1 Å². The van der Waals surface area contributed by atoms with E-state index in [1.54, 1.807) is 26.0 Å². The largest absolute Gasteiger partial charge is 0.481 e. The highest BCUT2D eigenvalue weighted by molar-refractivity contribution is 7.61. The summed E-state index contributed by atoms with van der Waals surface area (Å²) in [5, 5.41) is 56.1. The number of aliphatic hydroxyl groups is 5. The summed E-state index contributed by atoms with van der Waals surface area (Å²) in [7, 11) is -11.0. The van der Waals surface area contributed by atoms with Gasteiger partial charge in [0.25, 0.3) is 5.56 Å². The third-order valence-corrected chi connectivity index (χ3v) is 11.3. The highest BCUT2D eigenvalue weighted by Gasteiger charge is 2.49. The molecule has 5 heterocycles. The van der Waals surface area contributed by atoms with Crippen LogP contribution in [0.2, 0.25) is 0 Å². The van der Waals surface area contributed by atoms with E-state index in [2.05, 4.69) is 39.1 Å². The average Bonchev–Trinajstić information content (AvgIpc) is 3.63. The molecule has 2 unspecified atom stereocenters. The number of hydrogen-bond acceptors (Lipinski definition) is 19. The SMILES string of the molecule is Cc1cc2nc3c(=O)[nH]c(=O)[nH]c3[n+](C[C@H](O)[C@@H](O)[C@@H](O)COP(=O)(O)OP(=O)(O)OC[C@H]3O[C@@H](N4CNc5c(N)ncnc54)[C@H](O)[C@@H]3O)c2cc1C. The van der Waals surface area contributed by atoms with Crippen LogP contribution in [0.3, 0.4) is 0 Å². The molecule has 0 amide bonds. The molecular formula is C27H36N9O15P2+. The molecule has 0 spiro atoms. The third kappa shape index (κ3) is 7.95. The fraction of sp³-hybridized carbons (Fsp3) is 0.481. The average molecular weight is 789 g/mol. The number of nitrogen functional groups attached to an aromatic ring is 1. The second-order valence-electron chi connectivity index (χ2n) is 12.3. The van der Waals surface area contributed by atoms with Crippen molar-refractivity contribution in [3.63, 3.8) is 0 Å².